The Hall–Kier alpha value is -3.15. The van der Waals surface area contributed by atoms with E-state index in [2.05, 4.69) is 95.1 Å². The average Bonchev–Trinajstić information content (AvgIpc) is 3.19. The predicted molar refractivity (Wildman–Crippen MR) is 135 cm³/mol. The van der Waals surface area contributed by atoms with Crippen LogP contribution < -0.4 is 4.74 Å². The number of imidazole rings is 1. The molecule has 0 N–H and O–H groups in total. The fraction of sp³-hybridized carbons (Fsp3) is 0.321. The maximum atomic E-state index is 6.19. The molecule has 0 saturated carbocycles. The minimum Gasteiger partial charge on any atom is -0.492 e. The fourth-order valence-corrected chi connectivity index (χ4v) is 4.49. The van der Waals surface area contributed by atoms with E-state index in [9.17, 15) is 0 Å². The third kappa shape index (κ3) is 5.10. The van der Waals surface area contributed by atoms with Crippen LogP contribution in [0.1, 0.15) is 11.1 Å². The van der Waals surface area contributed by atoms with Crippen molar-refractivity contribution in [2.24, 2.45) is 0 Å². The minimum absolute atomic E-state index is 0.701. The SMILES string of the molecule is Cc1cccc(-c2nc3ccc(OCCN4CCN(C)CC4)cc3n2Cc2ccccc2)c1. The second kappa shape index (κ2) is 9.77. The van der Waals surface area contributed by atoms with Crippen LogP contribution in [0, 0.1) is 6.92 Å². The first kappa shape index (κ1) is 21.7. The van der Waals surface area contributed by atoms with Gasteiger partial charge in [0.1, 0.15) is 18.2 Å². The first-order valence-electron chi connectivity index (χ1n) is 11.8. The molecule has 33 heavy (non-hydrogen) atoms. The van der Waals surface area contributed by atoms with E-state index in [1.54, 1.807) is 0 Å². The van der Waals surface area contributed by atoms with E-state index in [-0.39, 0.29) is 0 Å². The molecule has 1 aliphatic heterocycles. The highest BCUT2D eigenvalue weighted by molar-refractivity contribution is 5.82. The summed E-state index contributed by atoms with van der Waals surface area (Å²) in [5, 5.41) is 0. The number of aromatic nitrogens is 2. The van der Waals surface area contributed by atoms with Crippen molar-refractivity contribution in [3.8, 4) is 17.1 Å². The highest BCUT2D eigenvalue weighted by atomic mass is 16.5. The summed E-state index contributed by atoms with van der Waals surface area (Å²) >= 11 is 0. The number of hydrogen-bond acceptors (Lipinski definition) is 4. The highest BCUT2D eigenvalue weighted by Gasteiger charge is 2.16. The number of piperazine rings is 1. The summed E-state index contributed by atoms with van der Waals surface area (Å²) in [7, 11) is 2.19. The number of benzene rings is 3. The topological polar surface area (TPSA) is 33.5 Å². The van der Waals surface area contributed by atoms with Crippen molar-refractivity contribution in [2.45, 2.75) is 13.5 Å². The van der Waals surface area contributed by atoms with Crippen molar-refractivity contribution in [2.75, 3.05) is 46.4 Å². The number of rotatable bonds is 7. The van der Waals surface area contributed by atoms with Crippen LogP contribution in [0.4, 0.5) is 0 Å². The molecule has 5 nitrogen and oxygen atoms in total. The second-order valence-electron chi connectivity index (χ2n) is 9.02. The minimum atomic E-state index is 0.701. The van der Waals surface area contributed by atoms with E-state index in [0.717, 1.165) is 67.4 Å². The van der Waals surface area contributed by atoms with Crippen molar-refractivity contribution >= 4 is 11.0 Å². The lowest BCUT2D eigenvalue weighted by Gasteiger charge is -2.32. The molecule has 0 amide bonds. The summed E-state index contributed by atoms with van der Waals surface area (Å²) in [6.07, 6.45) is 0. The van der Waals surface area contributed by atoms with Gasteiger partial charge in [-0.3, -0.25) is 4.90 Å². The van der Waals surface area contributed by atoms with Gasteiger partial charge in [-0.1, -0.05) is 54.1 Å². The molecule has 0 radical (unpaired) electrons. The Morgan fingerprint density at radius 3 is 2.48 bits per heavy atom. The van der Waals surface area contributed by atoms with Gasteiger partial charge in [0, 0.05) is 50.9 Å². The Balaban J connectivity index is 1.42. The monoisotopic (exact) mass is 440 g/mol. The van der Waals surface area contributed by atoms with Gasteiger partial charge in [-0.25, -0.2) is 4.98 Å². The molecule has 1 fully saturated rings. The Bertz CT molecular complexity index is 1210. The van der Waals surface area contributed by atoms with Gasteiger partial charge >= 0.3 is 0 Å². The van der Waals surface area contributed by atoms with E-state index >= 15 is 0 Å². The quantitative estimate of drug-likeness (QED) is 0.418. The Labute approximate surface area is 196 Å². The van der Waals surface area contributed by atoms with Crippen molar-refractivity contribution in [3.05, 3.63) is 83.9 Å². The molecule has 0 atom stereocenters. The van der Waals surface area contributed by atoms with Crippen LogP contribution in [0.2, 0.25) is 0 Å². The van der Waals surface area contributed by atoms with Crippen LogP contribution in [-0.4, -0.2) is 65.7 Å². The number of nitrogens with zero attached hydrogens (tertiary/aromatic N) is 4. The van der Waals surface area contributed by atoms with Gasteiger partial charge in [0.25, 0.3) is 0 Å². The molecule has 5 heteroatoms. The molecule has 1 saturated heterocycles. The number of aryl methyl sites for hydroxylation is 1. The highest BCUT2D eigenvalue weighted by Crippen LogP contribution is 2.29. The Morgan fingerprint density at radius 2 is 1.70 bits per heavy atom. The third-order valence-electron chi connectivity index (χ3n) is 6.45. The first-order chi connectivity index (χ1) is 16.2. The number of likely N-dealkylation sites (N-methyl/N-ethyl adjacent to an activating group) is 1. The molecule has 4 aromatic rings. The van der Waals surface area contributed by atoms with E-state index in [1.165, 1.54) is 11.1 Å². The van der Waals surface area contributed by atoms with Gasteiger partial charge in [-0.2, -0.15) is 0 Å². The molecular weight excluding hydrogens is 408 g/mol. The zero-order chi connectivity index (χ0) is 22.6. The fourth-order valence-electron chi connectivity index (χ4n) is 4.49. The molecule has 5 rings (SSSR count). The lowest BCUT2D eigenvalue weighted by molar-refractivity contribution is 0.134. The number of fused-ring (bicyclic) bond motifs is 1. The Morgan fingerprint density at radius 1 is 0.879 bits per heavy atom. The van der Waals surface area contributed by atoms with E-state index in [1.807, 2.05) is 6.07 Å². The summed E-state index contributed by atoms with van der Waals surface area (Å²) in [6.45, 7) is 9.05. The standard InChI is InChI=1S/C28H32N4O/c1-22-7-6-10-24(19-22)28-29-26-12-11-25(33-18-17-31-15-13-30(2)14-16-31)20-27(26)32(28)21-23-8-4-3-5-9-23/h3-12,19-20H,13-18,21H2,1-2H3. The number of ether oxygens (including phenoxy) is 1. The normalized spacial score (nSPS) is 15.2. The van der Waals surface area contributed by atoms with Gasteiger partial charge in [0.15, 0.2) is 0 Å². The molecule has 2 heterocycles. The summed E-state index contributed by atoms with van der Waals surface area (Å²) in [6, 6.07) is 25.4. The summed E-state index contributed by atoms with van der Waals surface area (Å²) in [5.41, 5.74) is 5.73. The van der Waals surface area contributed by atoms with Crippen molar-refractivity contribution in [1.82, 2.24) is 19.4 Å². The molecule has 3 aromatic carbocycles. The molecule has 1 aliphatic rings. The van der Waals surface area contributed by atoms with Crippen LogP contribution in [0.3, 0.4) is 0 Å². The van der Waals surface area contributed by atoms with E-state index < -0.39 is 0 Å². The average molecular weight is 441 g/mol. The largest absolute Gasteiger partial charge is 0.492 e. The van der Waals surface area contributed by atoms with Gasteiger partial charge in [0.05, 0.1) is 11.0 Å². The zero-order valence-electron chi connectivity index (χ0n) is 19.6. The van der Waals surface area contributed by atoms with E-state index in [0.29, 0.717) is 6.61 Å². The summed E-state index contributed by atoms with van der Waals surface area (Å²) < 4.78 is 8.50. The molecule has 170 valence electrons. The van der Waals surface area contributed by atoms with Crippen LogP contribution in [-0.2, 0) is 6.54 Å². The van der Waals surface area contributed by atoms with Crippen molar-refractivity contribution < 1.29 is 4.74 Å². The van der Waals surface area contributed by atoms with Crippen LogP contribution in [0.5, 0.6) is 5.75 Å². The zero-order valence-corrected chi connectivity index (χ0v) is 19.6. The van der Waals surface area contributed by atoms with Gasteiger partial charge in [-0.05, 0) is 37.7 Å². The third-order valence-corrected chi connectivity index (χ3v) is 6.45. The van der Waals surface area contributed by atoms with E-state index in [4.69, 9.17) is 9.72 Å². The van der Waals surface area contributed by atoms with Crippen LogP contribution >= 0.6 is 0 Å². The van der Waals surface area contributed by atoms with Crippen LogP contribution in [0.25, 0.3) is 22.4 Å². The smallest absolute Gasteiger partial charge is 0.141 e. The van der Waals surface area contributed by atoms with Gasteiger partial charge in [-0.15, -0.1) is 0 Å². The molecule has 1 aromatic heterocycles. The van der Waals surface area contributed by atoms with Crippen molar-refractivity contribution in [1.29, 1.82) is 0 Å². The van der Waals surface area contributed by atoms with Crippen LogP contribution in [0.15, 0.2) is 72.8 Å². The lowest BCUT2D eigenvalue weighted by atomic mass is 10.1. The molecule has 0 spiro atoms. The van der Waals surface area contributed by atoms with Gasteiger partial charge in [0.2, 0.25) is 0 Å². The predicted octanol–water partition coefficient (Wildman–Crippen LogP) is 4.69. The number of hydrogen-bond donors (Lipinski definition) is 0. The molecule has 0 bridgehead atoms. The van der Waals surface area contributed by atoms with Crippen molar-refractivity contribution in [3.63, 3.8) is 0 Å². The Kier molecular flexibility index (Phi) is 6.42. The molecular formula is C28H32N4O. The van der Waals surface area contributed by atoms with Gasteiger partial charge < -0.3 is 14.2 Å². The maximum absolute atomic E-state index is 6.19. The lowest BCUT2D eigenvalue weighted by Crippen LogP contribution is -2.45. The maximum Gasteiger partial charge on any atom is 0.141 e. The molecule has 0 aliphatic carbocycles. The summed E-state index contributed by atoms with van der Waals surface area (Å²) in [5.74, 6) is 1.90. The molecule has 0 unspecified atom stereocenters. The second-order valence-corrected chi connectivity index (χ2v) is 9.02. The summed E-state index contributed by atoms with van der Waals surface area (Å²) in [4.78, 5) is 9.88. The first-order valence-corrected chi connectivity index (χ1v) is 11.8.